The average Bonchev–Trinajstić information content (AvgIpc) is 3.37. The lowest BCUT2D eigenvalue weighted by Gasteiger charge is -2.40. The molecule has 2 bridgehead atoms. The van der Waals surface area contributed by atoms with Crippen LogP contribution in [-0.2, 0) is 23.9 Å². The Morgan fingerprint density at radius 1 is 1.38 bits per heavy atom. The normalized spacial score (nSPS) is 31.9. The largest absolute Gasteiger partial charge is 0.466 e. The second-order valence-electron chi connectivity index (χ2n) is 9.89. The standard InChI is InChI=1S/C24H38N2O6/c1-7-11-25(15(5)6)22(29)20-24-10-9-17(32-24)18(23(30)31-8-2)19(24)21(28)26(20)16(13-27)12-14(3)4/h7,14-20,27H,1,8-13H2,2-6H3/t16-,17-,18+,19+,20?,24?/m1/s1. The van der Waals surface area contributed by atoms with Crippen LogP contribution in [0.5, 0.6) is 0 Å². The molecule has 3 aliphatic heterocycles. The maximum absolute atomic E-state index is 14.0. The number of aliphatic hydroxyl groups is 1. The Kier molecular flexibility index (Phi) is 7.34. The minimum atomic E-state index is -1.07. The molecule has 1 N–H and O–H groups in total. The molecule has 2 amide bonds. The predicted molar refractivity (Wildman–Crippen MR) is 118 cm³/mol. The molecule has 8 nitrogen and oxygen atoms in total. The number of likely N-dealkylation sites (tertiary alicyclic amines) is 1. The molecule has 0 aromatic rings. The molecule has 3 saturated heterocycles. The van der Waals surface area contributed by atoms with Gasteiger partial charge in [0.05, 0.1) is 37.2 Å². The van der Waals surface area contributed by atoms with E-state index in [-0.39, 0.29) is 37.0 Å². The zero-order valence-electron chi connectivity index (χ0n) is 20.0. The van der Waals surface area contributed by atoms with E-state index in [0.717, 1.165) is 0 Å². The number of hydrogen-bond acceptors (Lipinski definition) is 6. The van der Waals surface area contributed by atoms with Crippen LogP contribution in [0.15, 0.2) is 12.7 Å². The van der Waals surface area contributed by atoms with Gasteiger partial charge in [-0.25, -0.2) is 0 Å². The van der Waals surface area contributed by atoms with Gasteiger partial charge in [0.1, 0.15) is 11.6 Å². The number of rotatable bonds is 10. The minimum absolute atomic E-state index is 0.106. The fraction of sp³-hybridized carbons (Fsp3) is 0.792. The van der Waals surface area contributed by atoms with Crippen molar-refractivity contribution in [1.29, 1.82) is 0 Å². The summed E-state index contributed by atoms with van der Waals surface area (Å²) in [7, 11) is 0. The second kappa shape index (κ2) is 9.51. The molecule has 180 valence electrons. The summed E-state index contributed by atoms with van der Waals surface area (Å²) >= 11 is 0. The molecule has 0 saturated carbocycles. The quantitative estimate of drug-likeness (QED) is 0.402. The maximum atomic E-state index is 14.0. The number of aliphatic hydroxyl groups excluding tert-OH is 1. The SMILES string of the molecule is C=CCN(C(=O)C1N([C@@H](CO)CC(C)C)C(=O)[C@@H]2[C@@H](C(=O)OCC)[C@H]3CCC12O3)C(C)C. The van der Waals surface area contributed by atoms with Crippen molar-refractivity contribution in [3.05, 3.63) is 12.7 Å². The summed E-state index contributed by atoms with van der Waals surface area (Å²) in [6, 6.07) is -1.52. The summed E-state index contributed by atoms with van der Waals surface area (Å²) in [6.45, 7) is 13.7. The molecule has 3 aliphatic rings. The molecule has 6 atom stereocenters. The van der Waals surface area contributed by atoms with Crippen molar-refractivity contribution in [2.45, 2.75) is 83.7 Å². The van der Waals surface area contributed by atoms with Gasteiger partial charge in [-0.3, -0.25) is 14.4 Å². The summed E-state index contributed by atoms with van der Waals surface area (Å²) < 4.78 is 11.7. The zero-order valence-corrected chi connectivity index (χ0v) is 20.0. The van der Waals surface area contributed by atoms with Crippen LogP contribution in [0.25, 0.3) is 0 Å². The highest BCUT2D eigenvalue weighted by molar-refractivity contribution is 5.98. The van der Waals surface area contributed by atoms with E-state index < -0.39 is 41.6 Å². The lowest BCUT2D eigenvalue weighted by atomic mass is 9.70. The lowest BCUT2D eigenvalue weighted by molar-refractivity contribution is -0.156. The van der Waals surface area contributed by atoms with Gasteiger partial charge in [-0.15, -0.1) is 6.58 Å². The predicted octanol–water partition coefficient (Wildman–Crippen LogP) is 1.75. The Labute approximate surface area is 190 Å². The van der Waals surface area contributed by atoms with Crippen LogP contribution in [-0.4, -0.2) is 82.3 Å². The Morgan fingerprint density at radius 2 is 2.06 bits per heavy atom. The number of fused-ring (bicyclic) bond motifs is 1. The summed E-state index contributed by atoms with van der Waals surface area (Å²) in [6.07, 6.45) is 2.91. The number of amides is 2. The fourth-order valence-corrected chi connectivity index (χ4v) is 5.94. The highest BCUT2D eigenvalue weighted by atomic mass is 16.6. The van der Waals surface area contributed by atoms with Crippen molar-refractivity contribution in [3.8, 4) is 0 Å². The van der Waals surface area contributed by atoms with Crippen LogP contribution in [0.1, 0.15) is 53.9 Å². The number of carbonyl (C=O) groups is 3. The second-order valence-corrected chi connectivity index (χ2v) is 9.89. The van der Waals surface area contributed by atoms with Gasteiger partial charge in [0.2, 0.25) is 11.8 Å². The van der Waals surface area contributed by atoms with Crippen molar-refractivity contribution in [2.75, 3.05) is 19.8 Å². The molecule has 0 aliphatic carbocycles. The third-order valence-electron chi connectivity index (χ3n) is 7.11. The molecular formula is C24H38N2O6. The summed E-state index contributed by atoms with van der Waals surface area (Å²) in [5.74, 6) is -2.23. The number of ether oxygens (including phenoxy) is 2. The molecule has 32 heavy (non-hydrogen) atoms. The van der Waals surface area contributed by atoms with Crippen LogP contribution >= 0.6 is 0 Å². The van der Waals surface area contributed by atoms with Crippen LogP contribution in [0.3, 0.4) is 0 Å². The van der Waals surface area contributed by atoms with Gasteiger partial charge in [0, 0.05) is 12.6 Å². The number of nitrogens with zero attached hydrogens (tertiary/aromatic N) is 2. The Bertz CT molecular complexity index is 753. The summed E-state index contributed by atoms with van der Waals surface area (Å²) in [5.41, 5.74) is -1.07. The van der Waals surface area contributed by atoms with Crippen molar-refractivity contribution in [1.82, 2.24) is 9.80 Å². The molecular weight excluding hydrogens is 412 g/mol. The van der Waals surface area contributed by atoms with E-state index in [1.165, 1.54) is 0 Å². The lowest BCUT2D eigenvalue weighted by Crippen LogP contribution is -2.59. The number of hydrogen-bond donors (Lipinski definition) is 1. The first-order chi connectivity index (χ1) is 15.1. The van der Waals surface area contributed by atoms with E-state index in [9.17, 15) is 19.5 Å². The van der Waals surface area contributed by atoms with Crippen LogP contribution in [0.4, 0.5) is 0 Å². The molecule has 3 heterocycles. The summed E-state index contributed by atoms with van der Waals surface area (Å²) in [4.78, 5) is 43.9. The van der Waals surface area contributed by atoms with Gasteiger partial charge >= 0.3 is 5.97 Å². The Balaban J connectivity index is 2.10. The van der Waals surface area contributed by atoms with Gasteiger partial charge in [0.25, 0.3) is 0 Å². The van der Waals surface area contributed by atoms with E-state index in [2.05, 4.69) is 6.58 Å². The van der Waals surface area contributed by atoms with Crippen molar-refractivity contribution in [2.24, 2.45) is 17.8 Å². The Hall–Kier alpha value is -1.93. The molecule has 3 rings (SSSR count). The average molecular weight is 451 g/mol. The van der Waals surface area contributed by atoms with Gasteiger partial charge in [-0.05, 0) is 46.0 Å². The van der Waals surface area contributed by atoms with E-state index in [4.69, 9.17) is 9.47 Å². The molecule has 0 radical (unpaired) electrons. The molecule has 0 aromatic carbocycles. The van der Waals surface area contributed by atoms with E-state index >= 15 is 0 Å². The molecule has 0 aromatic heterocycles. The molecule has 3 fully saturated rings. The minimum Gasteiger partial charge on any atom is -0.466 e. The molecule has 1 spiro atoms. The molecule has 8 heteroatoms. The van der Waals surface area contributed by atoms with Gasteiger partial charge in [-0.1, -0.05) is 19.9 Å². The third-order valence-corrected chi connectivity index (χ3v) is 7.11. The first kappa shape index (κ1) is 24.7. The van der Waals surface area contributed by atoms with E-state index in [1.807, 2.05) is 27.7 Å². The van der Waals surface area contributed by atoms with Crippen LogP contribution < -0.4 is 0 Å². The zero-order chi connectivity index (χ0) is 23.8. The highest BCUT2D eigenvalue weighted by Crippen LogP contribution is 2.59. The topological polar surface area (TPSA) is 96.4 Å². The molecule has 2 unspecified atom stereocenters. The van der Waals surface area contributed by atoms with Crippen LogP contribution in [0.2, 0.25) is 0 Å². The highest BCUT2D eigenvalue weighted by Gasteiger charge is 2.75. The van der Waals surface area contributed by atoms with Gasteiger partial charge < -0.3 is 24.4 Å². The first-order valence-corrected chi connectivity index (χ1v) is 11.8. The Morgan fingerprint density at radius 3 is 2.59 bits per heavy atom. The maximum Gasteiger partial charge on any atom is 0.312 e. The van der Waals surface area contributed by atoms with E-state index in [0.29, 0.717) is 25.8 Å². The van der Waals surface area contributed by atoms with Crippen molar-refractivity contribution >= 4 is 17.8 Å². The van der Waals surface area contributed by atoms with E-state index in [1.54, 1.807) is 22.8 Å². The van der Waals surface area contributed by atoms with Crippen molar-refractivity contribution < 1.29 is 29.0 Å². The smallest absolute Gasteiger partial charge is 0.312 e. The van der Waals surface area contributed by atoms with Crippen molar-refractivity contribution in [3.63, 3.8) is 0 Å². The third kappa shape index (κ3) is 3.85. The number of carbonyl (C=O) groups excluding carboxylic acids is 3. The fourth-order valence-electron chi connectivity index (χ4n) is 5.94. The van der Waals surface area contributed by atoms with Gasteiger partial charge in [-0.2, -0.15) is 0 Å². The monoisotopic (exact) mass is 450 g/mol. The first-order valence-electron chi connectivity index (χ1n) is 11.8. The summed E-state index contributed by atoms with van der Waals surface area (Å²) in [5, 5.41) is 10.2. The van der Waals surface area contributed by atoms with Gasteiger partial charge in [0.15, 0.2) is 0 Å². The number of esters is 1. The van der Waals surface area contributed by atoms with Crippen LogP contribution in [0, 0.1) is 17.8 Å².